The quantitative estimate of drug-likeness (QED) is 0.833. The van der Waals surface area contributed by atoms with E-state index in [-0.39, 0.29) is 6.04 Å². The molecule has 3 rings (SSSR count). The summed E-state index contributed by atoms with van der Waals surface area (Å²) in [6, 6.07) is 6.48. The fraction of sp³-hybridized carbons (Fsp3) is 0.632. The average molecular weight is 331 g/mol. The Morgan fingerprint density at radius 2 is 2.12 bits per heavy atom. The van der Waals surface area contributed by atoms with Gasteiger partial charge in [-0.05, 0) is 37.1 Å². The summed E-state index contributed by atoms with van der Waals surface area (Å²) in [5.74, 6) is 2.08. The minimum absolute atomic E-state index is 0.231. The smallest absolute Gasteiger partial charge is 0.161 e. The zero-order chi connectivity index (χ0) is 16.9. The van der Waals surface area contributed by atoms with Gasteiger partial charge in [0.2, 0.25) is 0 Å². The fourth-order valence-electron chi connectivity index (χ4n) is 3.65. The van der Waals surface area contributed by atoms with E-state index in [0.29, 0.717) is 12.5 Å². The monoisotopic (exact) mass is 331 g/mol. The summed E-state index contributed by atoms with van der Waals surface area (Å²) < 4.78 is 11.3. The van der Waals surface area contributed by atoms with Crippen molar-refractivity contribution < 1.29 is 9.47 Å². The van der Waals surface area contributed by atoms with Crippen LogP contribution >= 0.6 is 0 Å². The van der Waals surface area contributed by atoms with Crippen LogP contribution in [0.1, 0.15) is 44.7 Å². The third-order valence-corrected chi connectivity index (χ3v) is 4.87. The van der Waals surface area contributed by atoms with E-state index in [2.05, 4.69) is 41.4 Å². The van der Waals surface area contributed by atoms with Crippen molar-refractivity contribution in [3.05, 3.63) is 23.8 Å². The molecule has 5 heteroatoms. The lowest BCUT2D eigenvalue weighted by Gasteiger charge is -2.33. The molecule has 24 heavy (non-hydrogen) atoms. The molecule has 0 aliphatic carbocycles. The predicted octanol–water partition coefficient (Wildman–Crippen LogP) is 3.22. The number of fused-ring (bicyclic) bond motifs is 1. The molecule has 2 atom stereocenters. The largest absolute Gasteiger partial charge is 0.493 e. The zero-order valence-corrected chi connectivity index (χ0v) is 15.0. The minimum atomic E-state index is 0.231. The number of methoxy groups -OCH3 is 1. The maximum atomic E-state index is 5.87. The molecule has 0 amide bonds. The lowest BCUT2D eigenvalue weighted by molar-refractivity contribution is 0.228. The number of hydrazone groups is 1. The summed E-state index contributed by atoms with van der Waals surface area (Å²) in [7, 11) is 1.69. The van der Waals surface area contributed by atoms with Crippen molar-refractivity contribution in [3.63, 3.8) is 0 Å². The van der Waals surface area contributed by atoms with E-state index < -0.39 is 0 Å². The third kappa shape index (κ3) is 3.51. The first-order chi connectivity index (χ1) is 11.8. The fourth-order valence-corrected chi connectivity index (χ4v) is 3.65. The molecule has 1 N–H and O–H groups in total. The van der Waals surface area contributed by atoms with Crippen molar-refractivity contribution in [1.82, 2.24) is 10.3 Å². The first-order valence-corrected chi connectivity index (χ1v) is 9.11. The Morgan fingerprint density at radius 3 is 2.88 bits per heavy atom. The highest BCUT2D eigenvalue weighted by Crippen LogP contribution is 2.36. The minimum Gasteiger partial charge on any atom is -0.493 e. The van der Waals surface area contributed by atoms with Gasteiger partial charge in [0, 0.05) is 31.1 Å². The van der Waals surface area contributed by atoms with Gasteiger partial charge in [0.25, 0.3) is 0 Å². The number of hydrogen-bond acceptors (Lipinski definition) is 5. The normalized spacial score (nSPS) is 23.4. The van der Waals surface area contributed by atoms with Gasteiger partial charge in [-0.2, -0.15) is 5.10 Å². The molecule has 1 aromatic rings. The summed E-state index contributed by atoms with van der Waals surface area (Å²) in [5.41, 5.74) is 5.91. The number of ether oxygens (including phenoxy) is 2. The summed E-state index contributed by atoms with van der Waals surface area (Å²) in [6.07, 6.45) is 3.26. The molecule has 1 saturated heterocycles. The second kappa shape index (κ2) is 7.88. The van der Waals surface area contributed by atoms with Crippen LogP contribution in [0.25, 0.3) is 0 Å². The Labute approximate surface area is 145 Å². The number of benzene rings is 1. The van der Waals surface area contributed by atoms with E-state index in [9.17, 15) is 0 Å². The van der Waals surface area contributed by atoms with Gasteiger partial charge in [-0.15, -0.1) is 0 Å². The number of nitrogens with zero attached hydrogens (tertiary/aromatic N) is 2. The molecule has 2 aliphatic rings. The molecule has 5 nitrogen and oxygen atoms in total. The molecule has 1 fully saturated rings. The molecule has 0 bridgehead atoms. The van der Waals surface area contributed by atoms with Gasteiger partial charge in [-0.1, -0.05) is 19.9 Å². The Hall–Kier alpha value is -1.75. The maximum Gasteiger partial charge on any atom is 0.161 e. The topological polar surface area (TPSA) is 46.1 Å². The van der Waals surface area contributed by atoms with E-state index in [1.54, 1.807) is 7.11 Å². The molecule has 0 aromatic heterocycles. The number of rotatable bonds is 7. The predicted molar refractivity (Wildman–Crippen MR) is 96.9 cm³/mol. The van der Waals surface area contributed by atoms with Crippen LogP contribution in [0, 0.1) is 5.92 Å². The van der Waals surface area contributed by atoms with Gasteiger partial charge in [-0.3, -0.25) is 0 Å². The standard InChI is InChI=1S/C19H29N3O2/c1-4-9-22-10-8-16-15(13-22)19(21-20-16)14-6-7-17(23-3)18(12-14)24-11-5-2/h6-7,12,15,19,21H,4-5,8-11,13H2,1-3H3. The van der Waals surface area contributed by atoms with Gasteiger partial charge in [0.1, 0.15) is 0 Å². The number of likely N-dealkylation sites (tertiary alicyclic amines) is 1. The van der Waals surface area contributed by atoms with Gasteiger partial charge in [-0.25, -0.2) is 0 Å². The van der Waals surface area contributed by atoms with E-state index in [4.69, 9.17) is 9.47 Å². The second-order valence-electron chi connectivity index (χ2n) is 6.63. The molecule has 0 radical (unpaired) electrons. The molecule has 1 aromatic carbocycles. The van der Waals surface area contributed by atoms with Gasteiger partial charge < -0.3 is 19.8 Å². The first-order valence-electron chi connectivity index (χ1n) is 9.11. The van der Waals surface area contributed by atoms with Crippen LogP contribution in [-0.4, -0.2) is 44.0 Å². The second-order valence-corrected chi connectivity index (χ2v) is 6.63. The SMILES string of the molecule is CCCOc1cc(C2NN=C3CCN(CCC)CC32)ccc1OC. The van der Waals surface area contributed by atoms with Crippen molar-refractivity contribution in [3.8, 4) is 11.5 Å². The van der Waals surface area contributed by atoms with E-state index in [0.717, 1.165) is 37.4 Å². The van der Waals surface area contributed by atoms with Crippen LogP contribution in [0.3, 0.4) is 0 Å². The molecule has 2 unspecified atom stereocenters. The Kier molecular flexibility index (Phi) is 5.61. The van der Waals surface area contributed by atoms with E-state index in [1.807, 2.05) is 6.07 Å². The molecule has 2 aliphatic heterocycles. The van der Waals surface area contributed by atoms with Crippen LogP contribution < -0.4 is 14.9 Å². The van der Waals surface area contributed by atoms with Crippen LogP contribution in [0.4, 0.5) is 0 Å². The van der Waals surface area contributed by atoms with Gasteiger partial charge in [0.05, 0.1) is 19.8 Å². The molecular formula is C19H29N3O2. The summed E-state index contributed by atoms with van der Waals surface area (Å²) >= 11 is 0. The van der Waals surface area contributed by atoms with Crippen molar-refractivity contribution in [2.24, 2.45) is 11.0 Å². The van der Waals surface area contributed by atoms with Crippen molar-refractivity contribution in [1.29, 1.82) is 0 Å². The Morgan fingerprint density at radius 1 is 1.25 bits per heavy atom. The summed E-state index contributed by atoms with van der Waals surface area (Å²) in [6.45, 7) is 8.44. The third-order valence-electron chi connectivity index (χ3n) is 4.87. The number of piperidine rings is 1. The summed E-state index contributed by atoms with van der Waals surface area (Å²) in [4.78, 5) is 2.56. The maximum absolute atomic E-state index is 5.87. The van der Waals surface area contributed by atoms with Gasteiger partial charge in [0.15, 0.2) is 11.5 Å². The van der Waals surface area contributed by atoms with Gasteiger partial charge >= 0.3 is 0 Å². The first kappa shape index (κ1) is 17.1. The van der Waals surface area contributed by atoms with Crippen LogP contribution in [-0.2, 0) is 0 Å². The molecular weight excluding hydrogens is 302 g/mol. The lowest BCUT2D eigenvalue weighted by Crippen LogP contribution is -2.42. The average Bonchev–Trinajstić information content (AvgIpc) is 3.03. The van der Waals surface area contributed by atoms with Crippen LogP contribution in [0.5, 0.6) is 11.5 Å². The van der Waals surface area contributed by atoms with Crippen molar-refractivity contribution >= 4 is 5.71 Å². The lowest BCUT2D eigenvalue weighted by atomic mass is 9.86. The van der Waals surface area contributed by atoms with Crippen LogP contribution in [0.2, 0.25) is 0 Å². The highest BCUT2D eigenvalue weighted by Gasteiger charge is 2.37. The number of hydrogen-bond donors (Lipinski definition) is 1. The van der Waals surface area contributed by atoms with Crippen LogP contribution in [0.15, 0.2) is 23.3 Å². The highest BCUT2D eigenvalue weighted by molar-refractivity contribution is 5.90. The molecule has 0 spiro atoms. The Balaban J connectivity index is 1.78. The molecule has 2 heterocycles. The molecule has 132 valence electrons. The number of nitrogens with one attached hydrogen (secondary N) is 1. The van der Waals surface area contributed by atoms with Crippen molar-refractivity contribution in [2.45, 2.75) is 39.2 Å². The summed E-state index contributed by atoms with van der Waals surface area (Å²) in [5, 5.41) is 4.61. The Bertz CT molecular complexity index is 588. The van der Waals surface area contributed by atoms with Crippen molar-refractivity contribution in [2.75, 3.05) is 33.4 Å². The van der Waals surface area contributed by atoms with E-state index in [1.165, 1.54) is 24.2 Å². The highest BCUT2D eigenvalue weighted by atomic mass is 16.5. The zero-order valence-electron chi connectivity index (χ0n) is 15.0. The molecule has 0 saturated carbocycles. The van der Waals surface area contributed by atoms with E-state index >= 15 is 0 Å².